The van der Waals surface area contributed by atoms with Crippen LogP contribution in [0.15, 0.2) is 0 Å². The predicted molar refractivity (Wildman–Crippen MR) is 75.5 cm³/mol. The first-order chi connectivity index (χ1) is 8.22. The van der Waals surface area contributed by atoms with Crippen LogP contribution in [0.3, 0.4) is 0 Å². The van der Waals surface area contributed by atoms with Crippen molar-refractivity contribution in [3.8, 4) is 0 Å². The summed E-state index contributed by atoms with van der Waals surface area (Å²) in [7, 11) is 0. The summed E-state index contributed by atoms with van der Waals surface area (Å²) in [5.41, 5.74) is 3.16. The van der Waals surface area contributed by atoms with Crippen molar-refractivity contribution in [3.63, 3.8) is 0 Å². The molecule has 0 heterocycles. The van der Waals surface area contributed by atoms with Gasteiger partial charge in [-0.1, -0.05) is 46.5 Å². The predicted octanol–water partition coefficient (Wildman–Crippen LogP) is 3.86. The minimum atomic E-state index is 0.558. The van der Waals surface area contributed by atoms with Gasteiger partial charge in [0.25, 0.3) is 0 Å². The zero-order valence-electron chi connectivity index (χ0n) is 12.0. The van der Waals surface area contributed by atoms with Crippen LogP contribution in [0.25, 0.3) is 0 Å². The Balaban J connectivity index is 2.54. The summed E-state index contributed by atoms with van der Waals surface area (Å²) in [4.78, 5) is 0. The van der Waals surface area contributed by atoms with E-state index in [4.69, 9.17) is 5.84 Å². The van der Waals surface area contributed by atoms with E-state index in [9.17, 15) is 0 Å². The Labute approximate surface area is 108 Å². The van der Waals surface area contributed by atoms with Gasteiger partial charge in [0, 0.05) is 6.04 Å². The van der Waals surface area contributed by atoms with Crippen molar-refractivity contribution in [2.45, 2.75) is 78.2 Å². The van der Waals surface area contributed by atoms with Crippen molar-refractivity contribution < 1.29 is 0 Å². The molecule has 1 aliphatic carbocycles. The first-order valence-corrected chi connectivity index (χ1v) is 7.69. The summed E-state index contributed by atoms with van der Waals surface area (Å²) in [5, 5.41) is 0. The van der Waals surface area contributed by atoms with Gasteiger partial charge in [0.1, 0.15) is 0 Å². The number of rotatable bonds is 7. The average Bonchev–Trinajstić information content (AvgIpc) is 2.33. The quantitative estimate of drug-likeness (QED) is 0.524. The molecule has 0 aliphatic heterocycles. The van der Waals surface area contributed by atoms with Crippen LogP contribution in [0.2, 0.25) is 0 Å². The summed E-state index contributed by atoms with van der Waals surface area (Å²) >= 11 is 0. The summed E-state index contributed by atoms with van der Waals surface area (Å²) < 4.78 is 0. The van der Waals surface area contributed by atoms with Crippen molar-refractivity contribution in [2.24, 2.45) is 23.6 Å². The zero-order valence-corrected chi connectivity index (χ0v) is 12.0. The Bertz CT molecular complexity index is 179. The van der Waals surface area contributed by atoms with Gasteiger partial charge in [-0.15, -0.1) is 0 Å². The maximum Gasteiger partial charge on any atom is 0.0266 e. The molecule has 1 unspecified atom stereocenters. The molecule has 0 radical (unpaired) electrons. The van der Waals surface area contributed by atoms with Crippen LogP contribution >= 0.6 is 0 Å². The largest absolute Gasteiger partial charge is 0.271 e. The van der Waals surface area contributed by atoms with E-state index in [0.717, 1.165) is 17.8 Å². The van der Waals surface area contributed by atoms with Crippen LogP contribution in [-0.4, -0.2) is 6.04 Å². The minimum absolute atomic E-state index is 0.558. The summed E-state index contributed by atoms with van der Waals surface area (Å²) in [6.45, 7) is 6.97. The van der Waals surface area contributed by atoms with Crippen LogP contribution in [0, 0.1) is 17.8 Å². The fraction of sp³-hybridized carbons (Fsp3) is 1.00. The van der Waals surface area contributed by atoms with Crippen LogP contribution in [0.4, 0.5) is 0 Å². The molecule has 0 amide bonds. The first-order valence-electron chi connectivity index (χ1n) is 7.69. The normalized spacial score (nSPS) is 27.4. The Kier molecular flexibility index (Phi) is 7.14. The third kappa shape index (κ3) is 4.59. The van der Waals surface area contributed by atoms with Gasteiger partial charge in [-0.3, -0.25) is 11.3 Å². The molecule has 17 heavy (non-hydrogen) atoms. The lowest BCUT2D eigenvalue weighted by atomic mass is 9.74. The van der Waals surface area contributed by atoms with Crippen molar-refractivity contribution in [3.05, 3.63) is 0 Å². The zero-order chi connectivity index (χ0) is 12.7. The molecule has 1 aliphatic rings. The first kappa shape index (κ1) is 15.0. The number of hydrazine groups is 1. The van der Waals surface area contributed by atoms with E-state index < -0.39 is 0 Å². The molecule has 2 nitrogen and oxygen atoms in total. The van der Waals surface area contributed by atoms with Crippen molar-refractivity contribution in [1.29, 1.82) is 0 Å². The molecule has 2 heteroatoms. The molecular weight excluding hydrogens is 208 g/mol. The second-order valence-corrected chi connectivity index (χ2v) is 6.05. The molecular formula is C15H32N2. The highest BCUT2D eigenvalue weighted by Gasteiger charge is 2.30. The molecule has 0 spiro atoms. The van der Waals surface area contributed by atoms with E-state index >= 15 is 0 Å². The fourth-order valence-electron chi connectivity index (χ4n) is 3.55. The Morgan fingerprint density at radius 1 is 1.06 bits per heavy atom. The van der Waals surface area contributed by atoms with Gasteiger partial charge in [0.05, 0.1) is 0 Å². The standard InChI is InChI=1S/C15H32N2/c1-4-6-13(7-5-2)15(17-16)14-10-8-12(3)9-11-14/h12-15,17H,4-11,16H2,1-3H3. The van der Waals surface area contributed by atoms with E-state index in [1.807, 2.05) is 0 Å². The molecule has 1 saturated carbocycles. The number of hydrogen-bond acceptors (Lipinski definition) is 2. The lowest BCUT2D eigenvalue weighted by Crippen LogP contribution is -2.47. The van der Waals surface area contributed by atoms with Gasteiger partial charge in [0.15, 0.2) is 0 Å². The minimum Gasteiger partial charge on any atom is -0.271 e. The SMILES string of the molecule is CCCC(CCC)C(NN)C1CCC(C)CC1. The van der Waals surface area contributed by atoms with E-state index in [-0.39, 0.29) is 0 Å². The van der Waals surface area contributed by atoms with Crippen molar-refractivity contribution in [1.82, 2.24) is 5.43 Å². The number of nitrogens with one attached hydrogen (secondary N) is 1. The number of hydrogen-bond donors (Lipinski definition) is 2. The molecule has 1 atom stereocenters. The summed E-state index contributed by atoms with van der Waals surface area (Å²) in [5.74, 6) is 8.39. The van der Waals surface area contributed by atoms with Crippen LogP contribution in [0.1, 0.15) is 72.1 Å². The van der Waals surface area contributed by atoms with Gasteiger partial charge in [-0.25, -0.2) is 0 Å². The topological polar surface area (TPSA) is 38.0 Å². The van der Waals surface area contributed by atoms with Gasteiger partial charge < -0.3 is 0 Å². The van der Waals surface area contributed by atoms with Gasteiger partial charge in [-0.05, 0) is 43.4 Å². The Hall–Kier alpha value is -0.0800. The van der Waals surface area contributed by atoms with Gasteiger partial charge in [0.2, 0.25) is 0 Å². The van der Waals surface area contributed by atoms with Crippen LogP contribution in [0.5, 0.6) is 0 Å². The third-order valence-electron chi connectivity index (χ3n) is 4.59. The lowest BCUT2D eigenvalue weighted by molar-refractivity contribution is 0.170. The molecule has 0 aromatic rings. The lowest BCUT2D eigenvalue weighted by Gasteiger charge is -2.37. The molecule has 0 aromatic heterocycles. The van der Waals surface area contributed by atoms with Crippen LogP contribution in [-0.2, 0) is 0 Å². The Morgan fingerprint density at radius 2 is 1.59 bits per heavy atom. The highest BCUT2D eigenvalue weighted by Crippen LogP contribution is 2.34. The Morgan fingerprint density at radius 3 is 2.00 bits per heavy atom. The van der Waals surface area contributed by atoms with E-state index in [1.54, 1.807) is 0 Å². The second-order valence-electron chi connectivity index (χ2n) is 6.05. The van der Waals surface area contributed by atoms with E-state index in [0.29, 0.717) is 6.04 Å². The fourth-order valence-corrected chi connectivity index (χ4v) is 3.55. The van der Waals surface area contributed by atoms with Crippen molar-refractivity contribution >= 4 is 0 Å². The average molecular weight is 240 g/mol. The molecule has 0 bridgehead atoms. The summed E-state index contributed by atoms with van der Waals surface area (Å²) in [6, 6.07) is 0.558. The maximum absolute atomic E-state index is 5.85. The third-order valence-corrected chi connectivity index (χ3v) is 4.59. The van der Waals surface area contributed by atoms with Gasteiger partial charge >= 0.3 is 0 Å². The summed E-state index contributed by atoms with van der Waals surface area (Å²) in [6.07, 6.45) is 10.8. The molecule has 102 valence electrons. The van der Waals surface area contributed by atoms with E-state index in [2.05, 4.69) is 26.2 Å². The molecule has 0 saturated heterocycles. The second kappa shape index (κ2) is 8.10. The van der Waals surface area contributed by atoms with Crippen LogP contribution < -0.4 is 11.3 Å². The smallest absolute Gasteiger partial charge is 0.0266 e. The van der Waals surface area contributed by atoms with E-state index in [1.165, 1.54) is 51.4 Å². The molecule has 1 fully saturated rings. The highest BCUT2D eigenvalue weighted by atomic mass is 15.2. The molecule has 0 aromatic carbocycles. The molecule has 3 N–H and O–H groups in total. The van der Waals surface area contributed by atoms with Crippen molar-refractivity contribution in [2.75, 3.05) is 0 Å². The number of nitrogens with two attached hydrogens (primary N) is 1. The molecule has 1 rings (SSSR count). The highest BCUT2D eigenvalue weighted by molar-refractivity contribution is 4.84. The van der Waals surface area contributed by atoms with Gasteiger partial charge in [-0.2, -0.15) is 0 Å². The maximum atomic E-state index is 5.85. The monoisotopic (exact) mass is 240 g/mol.